The summed E-state index contributed by atoms with van der Waals surface area (Å²) in [5.74, 6) is -0.280. The number of hydrogen-bond acceptors (Lipinski definition) is 4. The van der Waals surface area contributed by atoms with Crippen molar-refractivity contribution in [2.75, 3.05) is 19.6 Å². The maximum absolute atomic E-state index is 12.3. The van der Waals surface area contributed by atoms with Gasteiger partial charge in [-0.15, -0.1) is 10.2 Å². The van der Waals surface area contributed by atoms with Crippen LogP contribution in [0.25, 0.3) is 0 Å². The predicted octanol–water partition coefficient (Wildman–Crippen LogP) is 2.72. The molecule has 0 bridgehead atoms. The van der Waals surface area contributed by atoms with Crippen molar-refractivity contribution in [3.05, 3.63) is 22.4 Å². The van der Waals surface area contributed by atoms with Gasteiger partial charge in [0.1, 0.15) is 4.60 Å². The molecule has 0 saturated carbocycles. The second-order valence-electron chi connectivity index (χ2n) is 4.68. The molecule has 1 N–H and O–H groups in total. The highest BCUT2D eigenvalue weighted by Gasteiger charge is 2.23. The average molecular weight is 379 g/mol. The third-order valence-electron chi connectivity index (χ3n) is 3.18. The lowest BCUT2D eigenvalue weighted by Crippen LogP contribution is -2.45. The van der Waals surface area contributed by atoms with Crippen LogP contribution in [-0.4, -0.2) is 53.1 Å². The molecule has 0 spiro atoms. The van der Waals surface area contributed by atoms with Crippen LogP contribution < -0.4 is 5.32 Å². The SMILES string of the molecule is CC.O=C(NC1CCN(CC(F)F)CC1)c1ccc(Br)nn1. The van der Waals surface area contributed by atoms with E-state index in [1.165, 1.54) is 0 Å². The number of likely N-dealkylation sites (tertiary alicyclic amines) is 1. The maximum atomic E-state index is 12.3. The molecule has 1 aromatic heterocycles. The Labute approximate surface area is 137 Å². The van der Waals surface area contributed by atoms with Crippen LogP contribution in [0.1, 0.15) is 37.2 Å². The smallest absolute Gasteiger partial charge is 0.272 e. The number of hydrogen-bond donors (Lipinski definition) is 1. The number of rotatable bonds is 4. The Bertz CT molecular complexity index is 451. The molecule has 0 radical (unpaired) electrons. The number of nitrogens with one attached hydrogen (secondary N) is 1. The van der Waals surface area contributed by atoms with Crippen molar-refractivity contribution >= 4 is 21.8 Å². The molecule has 2 rings (SSSR count). The minimum atomic E-state index is -2.31. The fraction of sp³-hybridized carbons (Fsp3) is 0.643. The minimum absolute atomic E-state index is 0.00173. The van der Waals surface area contributed by atoms with E-state index in [-0.39, 0.29) is 24.2 Å². The number of amides is 1. The first-order valence-corrected chi connectivity index (χ1v) is 8.14. The Hall–Kier alpha value is -1.15. The summed E-state index contributed by atoms with van der Waals surface area (Å²) in [6.45, 7) is 4.95. The lowest BCUT2D eigenvalue weighted by molar-refractivity contribution is 0.0695. The van der Waals surface area contributed by atoms with Gasteiger partial charge in [0, 0.05) is 19.1 Å². The third kappa shape index (κ3) is 6.31. The first-order valence-electron chi connectivity index (χ1n) is 7.35. The van der Waals surface area contributed by atoms with E-state index in [1.807, 2.05) is 13.8 Å². The van der Waals surface area contributed by atoms with Crippen molar-refractivity contribution in [1.29, 1.82) is 0 Å². The Morgan fingerprint density at radius 2 is 2.00 bits per heavy atom. The molecule has 5 nitrogen and oxygen atoms in total. The van der Waals surface area contributed by atoms with Gasteiger partial charge in [0.25, 0.3) is 12.3 Å². The zero-order chi connectivity index (χ0) is 16.5. The lowest BCUT2D eigenvalue weighted by atomic mass is 10.0. The molecule has 1 amide bonds. The molecule has 1 aliphatic heterocycles. The van der Waals surface area contributed by atoms with Gasteiger partial charge >= 0.3 is 0 Å². The van der Waals surface area contributed by atoms with Crippen LogP contribution in [0.5, 0.6) is 0 Å². The molecule has 124 valence electrons. The summed E-state index contributed by atoms with van der Waals surface area (Å²) in [4.78, 5) is 13.6. The Balaban J connectivity index is 0.00000116. The average Bonchev–Trinajstić information content (AvgIpc) is 2.51. The van der Waals surface area contributed by atoms with Gasteiger partial charge in [-0.3, -0.25) is 9.69 Å². The summed E-state index contributed by atoms with van der Waals surface area (Å²) in [7, 11) is 0. The maximum Gasteiger partial charge on any atom is 0.272 e. The first-order chi connectivity index (χ1) is 10.5. The van der Waals surface area contributed by atoms with Gasteiger partial charge in [0.2, 0.25) is 0 Å². The quantitative estimate of drug-likeness (QED) is 0.874. The van der Waals surface area contributed by atoms with E-state index >= 15 is 0 Å². The summed E-state index contributed by atoms with van der Waals surface area (Å²) in [6.07, 6.45) is -0.968. The molecule has 1 aromatic rings. The fourth-order valence-electron chi connectivity index (χ4n) is 2.15. The van der Waals surface area contributed by atoms with Crippen LogP contribution in [0.4, 0.5) is 8.78 Å². The van der Waals surface area contributed by atoms with E-state index in [4.69, 9.17) is 0 Å². The van der Waals surface area contributed by atoms with Crippen LogP contribution in [0.2, 0.25) is 0 Å². The van der Waals surface area contributed by atoms with Crippen LogP contribution in [0.3, 0.4) is 0 Å². The summed E-state index contributed by atoms with van der Waals surface area (Å²) < 4.78 is 25.1. The van der Waals surface area contributed by atoms with E-state index in [1.54, 1.807) is 17.0 Å². The molecule has 0 aliphatic carbocycles. The zero-order valence-corrected chi connectivity index (χ0v) is 14.3. The number of halogens is 3. The minimum Gasteiger partial charge on any atom is -0.348 e. The highest BCUT2D eigenvalue weighted by atomic mass is 79.9. The topological polar surface area (TPSA) is 58.1 Å². The first kappa shape index (κ1) is 18.9. The van der Waals surface area contributed by atoms with Crippen molar-refractivity contribution < 1.29 is 13.6 Å². The normalized spacial score (nSPS) is 16.1. The Morgan fingerprint density at radius 1 is 1.36 bits per heavy atom. The number of aromatic nitrogens is 2. The second-order valence-corrected chi connectivity index (χ2v) is 5.49. The van der Waals surface area contributed by atoms with Crippen molar-refractivity contribution in [2.45, 2.75) is 39.2 Å². The number of nitrogens with zero attached hydrogens (tertiary/aromatic N) is 3. The molecule has 1 saturated heterocycles. The summed E-state index contributed by atoms with van der Waals surface area (Å²) in [5.41, 5.74) is 0.253. The van der Waals surface area contributed by atoms with E-state index in [0.717, 1.165) is 0 Å². The number of piperidine rings is 1. The van der Waals surface area contributed by atoms with Gasteiger partial charge in [0.05, 0.1) is 6.54 Å². The standard InChI is InChI=1S/C12H15BrF2N4O.C2H6/c13-10-2-1-9(17-18-10)12(20)16-8-3-5-19(6-4-8)7-11(14)15;1-2/h1-2,8,11H,3-7H2,(H,16,20);1-2H3. The van der Waals surface area contributed by atoms with Gasteiger partial charge in [-0.1, -0.05) is 13.8 Å². The van der Waals surface area contributed by atoms with Crippen LogP contribution in [-0.2, 0) is 0 Å². The Morgan fingerprint density at radius 3 is 2.50 bits per heavy atom. The highest BCUT2D eigenvalue weighted by molar-refractivity contribution is 9.10. The molecule has 0 unspecified atom stereocenters. The van der Waals surface area contributed by atoms with Gasteiger partial charge < -0.3 is 5.32 Å². The molecule has 1 aliphatic rings. The largest absolute Gasteiger partial charge is 0.348 e. The summed E-state index contributed by atoms with van der Waals surface area (Å²) in [5, 5.41) is 10.4. The highest BCUT2D eigenvalue weighted by Crippen LogP contribution is 2.12. The molecular formula is C14H21BrF2N4O. The van der Waals surface area contributed by atoms with Crippen molar-refractivity contribution in [2.24, 2.45) is 0 Å². The molecule has 2 heterocycles. The molecule has 8 heteroatoms. The monoisotopic (exact) mass is 378 g/mol. The van der Waals surface area contributed by atoms with Crippen LogP contribution >= 0.6 is 15.9 Å². The van der Waals surface area contributed by atoms with Gasteiger partial charge in [-0.2, -0.15) is 0 Å². The second kappa shape index (κ2) is 9.78. The molecule has 0 aromatic carbocycles. The van der Waals surface area contributed by atoms with E-state index < -0.39 is 6.43 Å². The molecule has 0 atom stereocenters. The molecule has 1 fully saturated rings. The van der Waals surface area contributed by atoms with Crippen LogP contribution in [0, 0.1) is 0 Å². The molecule has 22 heavy (non-hydrogen) atoms. The molecular weight excluding hydrogens is 358 g/mol. The third-order valence-corrected chi connectivity index (χ3v) is 3.61. The van der Waals surface area contributed by atoms with Crippen LogP contribution in [0.15, 0.2) is 16.7 Å². The lowest BCUT2D eigenvalue weighted by Gasteiger charge is -2.31. The number of carbonyl (C=O) groups excluding carboxylic acids is 1. The van der Waals surface area contributed by atoms with Gasteiger partial charge in [-0.05, 0) is 40.9 Å². The van der Waals surface area contributed by atoms with E-state index in [2.05, 4.69) is 31.4 Å². The van der Waals surface area contributed by atoms with Crippen molar-refractivity contribution in [1.82, 2.24) is 20.4 Å². The van der Waals surface area contributed by atoms with E-state index in [9.17, 15) is 13.6 Å². The van der Waals surface area contributed by atoms with Gasteiger partial charge in [-0.25, -0.2) is 8.78 Å². The number of alkyl halides is 2. The van der Waals surface area contributed by atoms with Crippen molar-refractivity contribution in [3.63, 3.8) is 0 Å². The van der Waals surface area contributed by atoms with Crippen molar-refractivity contribution in [3.8, 4) is 0 Å². The zero-order valence-electron chi connectivity index (χ0n) is 12.7. The Kier molecular flexibility index (Phi) is 8.40. The van der Waals surface area contributed by atoms with E-state index in [0.29, 0.717) is 30.5 Å². The fourth-order valence-corrected chi connectivity index (χ4v) is 2.36. The number of carbonyl (C=O) groups is 1. The summed E-state index contributed by atoms with van der Waals surface area (Å²) in [6, 6.07) is 3.23. The predicted molar refractivity (Wildman–Crippen MR) is 84.0 cm³/mol. The van der Waals surface area contributed by atoms with Gasteiger partial charge in [0.15, 0.2) is 5.69 Å². The summed E-state index contributed by atoms with van der Waals surface area (Å²) >= 11 is 3.15.